The third-order valence-electron chi connectivity index (χ3n) is 3.08. The van der Waals surface area contributed by atoms with E-state index in [9.17, 15) is 9.59 Å². The first-order chi connectivity index (χ1) is 10.0. The van der Waals surface area contributed by atoms with Crippen LogP contribution in [0.25, 0.3) is 0 Å². The number of ether oxygens (including phenoxy) is 1. The molecule has 21 heavy (non-hydrogen) atoms. The Morgan fingerprint density at radius 2 is 2.05 bits per heavy atom. The Morgan fingerprint density at radius 3 is 2.62 bits per heavy atom. The molecular weight excluding hydrogens is 292 g/mol. The molecule has 0 radical (unpaired) electrons. The van der Waals surface area contributed by atoms with Crippen molar-refractivity contribution in [2.75, 3.05) is 20.2 Å². The molecule has 1 heterocycles. The van der Waals surface area contributed by atoms with Gasteiger partial charge in [-0.3, -0.25) is 9.59 Å². The number of aromatic nitrogens is 1. The van der Waals surface area contributed by atoms with Gasteiger partial charge in [0.15, 0.2) is 0 Å². The number of nitrogens with zero attached hydrogens (tertiary/aromatic N) is 2. The number of amides is 1. The molecule has 0 saturated heterocycles. The third kappa shape index (κ3) is 5.34. The zero-order valence-electron chi connectivity index (χ0n) is 12.7. The summed E-state index contributed by atoms with van der Waals surface area (Å²) in [6.07, 6.45) is 1.88. The minimum absolute atomic E-state index is 0.150. The van der Waals surface area contributed by atoms with E-state index in [2.05, 4.69) is 9.72 Å². The van der Waals surface area contributed by atoms with Crippen molar-refractivity contribution in [3.05, 3.63) is 28.5 Å². The van der Waals surface area contributed by atoms with Gasteiger partial charge < -0.3 is 9.64 Å². The molecule has 0 fully saturated rings. The third-order valence-corrected chi connectivity index (χ3v) is 3.28. The average molecular weight is 313 g/mol. The Kier molecular flexibility index (Phi) is 7.15. The van der Waals surface area contributed by atoms with Crippen molar-refractivity contribution in [1.82, 2.24) is 9.88 Å². The summed E-state index contributed by atoms with van der Waals surface area (Å²) in [4.78, 5) is 29.5. The normalized spacial score (nSPS) is 10.3. The van der Waals surface area contributed by atoms with Crippen LogP contribution in [0.3, 0.4) is 0 Å². The van der Waals surface area contributed by atoms with E-state index in [-0.39, 0.29) is 18.3 Å². The van der Waals surface area contributed by atoms with Crippen LogP contribution in [0.15, 0.2) is 12.1 Å². The number of esters is 1. The van der Waals surface area contributed by atoms with Crippen LogP contribution < -0.4 is 0 Å². The molecule has 116 valence electrons. The second kappa shape index (κ2) is 8.62. The fourth-order valence-electron chi connectivity index (χ4n) is 1.97. The lowest BCUT2D eigenvalue weighted by atomic mass is 10.1. The first-order valence-corrected chi connectivity index (χ1v) is 7.42. The number of pyridine rings is 1. The molecule has 0 atom stereocenters. The highest BCUT2D eigenvalue weighted by Crippen LogP contribution is 2.14. The lowest BCUT2D eigenvalue weighted by Gasteiger charge is -2.20. The van der Waals surface area contributed by atoms with Gasteiger partial charge in [0.1, 0.15) is 5.15 Å². The van der Waals surface area contributed by atoms with Gasteiger partial charge >= 0.3 is 5.97 Å². The Bertz CT molecular complexity index is 506. The van der Waals surface area contributed by atoms with Crippen LogP contribution in [0.2, 0.25) is 5.15 Å². The molecular formula is C15H21ClN2O3. The number of carbonyl (C=O) groups is 2. The highest BCUT2D eigenvalue weighted by atomic mass is 35.5. The molecule has 0 aliphatic heterocycles. The summed E-state index contributed by atoms with van der Waals surface area (Å²) in [7, 11) is 1.33. The summed E-state index contributed by atoms with van der Waals surface area (Å²) < 4.78 is 4.59. The number of hydrogen-bond acceptors (Lipinski definition) is 4. The molecule has 0 aliphatic rings. The summed E-state index contributed by atoms with van der Waals surface area (Å²) >= 11 is 5.97. The van der Waals surface area contributed by atoms with Gasteiger partial charge in [-0.15, -0.1) is 0 Å². The number of hydrogen-bond donors (Lipinski definition) is 0. The van der Waals surface area contributed by atoms with Crippen molar-refractivity contribution in [2.45, 2.75) is 33.1 Å². The second-order valence-electron chi connectivity index (χ2n) is 4.63. The average Bonchev–Trinajstić information content (AvgIpc) is 2.47. The van der Waals surface area contributed by atoms with Crippen molar-refractivity contribution in [2.24, 2.45) is 0 Å². The predicted octanol–water partition coefficient (Wildman–Crippen LogP) is 2.71. The SMILES string of the molecule is CCCc1cc(C(=O)N(CC)CCC(=O)OC)cc(Cl)n1. The molecule has 0 spiro atoms. The standard InChI is InChI=1S/C15H21ClN2O3/c1-4-6-12-9-11(10-13(16)17-12)15(20)18(5-2)8-7-14(19)21-3/h9-10H,4-8H2,1-3H3. The van der Waals surface area contributed by atoms with Gasteiger partial charge in [-0.05, 0) is 25.5 Å². The monoisotopic (exact) mass is 312 g/mol. The number of halogens is 1. The quantitative estimate of drug-likeness (QED) is 0.574. The van der Waals surface area contributed by atoms with Crippen LogP contribution in [-0.2, 0) is 16.0 Å². The molecule has 0 saturated carbocycles. The molecule has 1 aromatic rings. The molecule has 1 amide bonds. The first-order valence-electron chi connectivity index (χ1n) is 7.04. The molecule has 0 bridgehead atoms. The van der Waals surface area contributed by atoms with E-state index >= 15 is 0 Å². The lowest BCUT2D eigenvalue weighted by Crippen LogP contribution is -2.33. The first kappa shape index (κ1) is 17.4. The van der Waals surface area contributed by atoms with Gasteiger partial charge in [-0.2, -0.15) is 0 Å². The van der Waals surface area contributed by atoms with Crippen molar-refractivity contribution < 1.29 is 14.3 Å². The molecule has 1 aromatic heterocycles. The molecule has 0 aliphatic carbocycles. The van der Waals surface area contributed by atoms with Gasteiger partial charge in [-0.1, -0.05) is 24.9 Å². The van der Waals surface area contributed by atoms with Crippen LogP contribution in [0, 0.1) is 0 Å². The predicted molar refractivity (Wildman–Crippen MR) is 81.5 cm³/mol. The Morgan fingerprint density at radius 1 is 1.33 bits per heavy atom. The number of methoxy groups -OCH3 is 1. The van der Waals surface area contributed by atoms with E-state index in [1.807, 2.05) is 13.8 Å². The molecule has 6 heteroatoms. The summed E-state index contributed by atoms with van der Waals surface area (Å²) in [6, 6.07) is 3.32. The zero-order chi connectivity index (χ0) is 15.8. The van der Waals surface area contributed by atoms with Crippen molar-refractivity contribution in [1.29, 1.82) is 0 Å². The van der Waals surface area contributed by atoms with Crippen molar-refractivity contribution >= 4 is 23.5 Å². The second-order valence-corrected chi connectivity index (χ2v) is 5.02. The van der Waals surface area contributed by atoms with E-state index in [4.69, 9.17) is 11.6 Å². The van der Waals surface area contributed by atoms with Gasteiger partial charge in [-0.25, -0.2) is 4.98 Å². The van der Waals surface area contributed by atoms with Crippen molar-refractivity contribution in [3.63, 3.8) is 0 Å². The minimum atomic E-state index is -0.333. The molecule has 5 nitrogen and oxygen atoms in total. The summed E-state index contributed by atoms with van der Waals surface area (Å²) in [5.41, 5.74) is 1.31. The van der Waals surface area contributed by atoms with E-state index in [0.717, 1.165) is 18.5 Å². The fourth-order valence-corrected chi connectivity index (χ4v) is 2.20. The van der Waals surface area contributed by atoms with Gasteiger partial charge in [0.25, 0.3) is 5.91 Å². The fraction of sp³-hybridized carbons (Fsp3) is 0.533. The maximum Gasteiger partial charge on any atom is 0.307 e. The van der Waals surface area contributed by atoms with E-state index < -0.39 is 0 Å². The number of rotatable bonds is 7. The van der Waals surface area contributed by atoms with Crippen LogP contribution >= 0.6 is 11.6 Å². The topological polar surface area (TPSA) is 59.5 Å². The number of carbonyl (C=O) groups excluding carboxylic acids is 2. The maximum absolute atomic E-state index is 12.5. The highest BCUT2D eigenvalue weighted by Gasteiger charge is 2.17. The van der Waals surface area contributed by atoms with Crippen LogP contribution in [0.5, 0.6) is 0 Å². The van der Waals surface area contributed by atoms with Crippen LogP contribution in [0.1, 0.15) is 42.7 Å². The van der Waals surface area contributed by atoms with Crippen LogP contribution in [-0.4, -0.2) is 42.0 Å². The zero-order valence-corrected chi connectivity index (χ0v) is 13.4. The molecule has 1 rings (SSSR count). The Balaban J connectivity index is 2.86. The maximum atomic E-state index is 12.5. The number of aryl methyl sites for hydroxylation is 1. The largest absolute Gasteiger partial charge is 0.469 e. The van der Waals surface area contributed by atoms with Gasteiger partial charge in [0, 0.05) is 24.3 Å². The van der Waals surface area contributed by atoms with E-state index in [1.54, 1.807) is 17.0 Å². The summed E-state index contributed by atoms with van der Waals surface area (Å²) in [6.45, 7) is 4.74. The lowest BCUT2D eigenvalue weighted by molar-refractivity contribution is -0.140. The van der Waals surface area contributed by atoms with E-state index in [1.165, 1.54) is 7.11 Å². The van der Waals surface area contributed by atoms with Gasteiger partial charge in [0.2, 0.25) is 0 Å². The highest BCUT2D eigenvalue weighted by molar-refractivity contribution is 6.29. The summed E-state index contributed by atoms with van der Waals surface area (Å²) in [5, 5.41) is 0.313. The summed E-state index contributed by atoms with van der Waals surface area (Å²) in [5.74, 6) is -0.483. The van der Waals surface area contributed by atoms with Gasteiger partial charge in [0.05, 0.1) is 13.5 Å². The minimum Gasteiger partial charge on any atom is -0.469 e. The molecule has 0 N–H and O–H groups in total. The molecule has 0 unspecified atom stereocenters. The van der Waals surface area contributed by atoms with Crippen molar-refractivity contribution in [3.8, 4) is 0 Å². The molecule has 0 aromatic carbocycles. The smallest absolute Gasteiger partial charge is 0.307 e. The van der Waals surface area contributed by atoms with Crippen LogP contribution in [0.4, 0.5) is 0 Å². The van der Waals surface area contributed by atoms with E-state index in [0.29, 0.717) is 23.8 Å². The Labute approximate surface area is 130 Å². The Hall–Kier alpha value is -1.62.